The highest BCUT2D eigenvalue weighted by molar-refractivity contribution is 6.01. The first-order valence-corrected chi connectivity index (χ1v) is 9.08. The van der Waals surface area contributed by atoms with Crippen molar-refractivity contribution in [2.75, 3.05) is 0 Å². The zero-order valence-corrected chi connectivity index (χ0v) is 15.8. The van der Waals surface area contributed by atoms with E-state index in [2.05, 4.69) is 4.99 Å². The normalized spacial score (nSPS) is 26.4. The first-order valence-electron chi connectivity index (χ1n) is 9.08. The number of hydrogen-bond acceptors (Lipinski definition) is 5. The summed E-state index contributed by atoms with van der Waals surface area (Å²) < 4.78 is 20.2. The van der Waals surface area contributed by atoms with Crippen LogP contribution in [0.2, 0.25) is 0 Å². The SMILES string of the molecule is CC1=NC=C2CC1O[C@H](C)c1cc(F)ccc1C(=N)C(C)CC(C=N)=C2N. The largest absolute Gasteiger partial charge is 0.398 e. The molecule has 0 fully saturated rings. The molecule has 1 aromatic carbocycles. The minimum atomic E-state index is -0.399. The van der Waals surface area contributed by atoms with Crippen molar-refractivity contribution in [3.8, 4) is 0 Å². The Kier molecular flexibility index (Phi) is 5.37. The Morgan fingerprint density at radius 1 is 1.30 bits per heavy atom. The molecule has 3 atom stereocenters. The lowest BCUT2D eigenvalue weighted by atomic mass is 9.86. The van der Waals surface area contributed by atoms with E-state index in [0.717, 1.165) is 11.3 Å². The Bertz CT molecular complexity index is 884. The number of allylic oxidation sites excluding steroid dienone is 2. The maximum atomic E-state index is 13.9. The van der Waals surface area contributed by atoms with Gasteiger partial charge in [-0.3, -0.25) is 4.99 Å². The molecule has 0 aliphatic carbocycles. The number of hydrogen-bond donors (Lipinski definition) is 3. The average Bonchev–Trinajstić information content (AvgIpc) is 2.65. The summed E-state index contributed by atoms with van der Waals surface area (Å²) in [6.45, 7) is 5.68. The molecule has 2 aliphatic heterocycles. The summed E-state index contributed by atoms with van der Waals surface area (Å²) in [6.07, 6.45) is 3.32. The summed E-state index contributed by atoms with van der Waals surface area (Å²) >= 11 is 0. The van der Waals surface area contributed by atoms with E-state index in [1.807, 2.05) is 20.8 Å². The third-order valence-electron chi connectivity index (χ3n) is 5.29. The van der Waals surface area contributed by atoms with E-state index in [1.54, 1.807) is 12.3 Å². The molecular weight excluding hydrogens is 343 g/mol. The number of fused-ring (bicyclic) bond motifs is 3. The van der Waals surface area contributed by atoms with Crippen LogP contribution < -0.4 is 5.73 Å². The summed E-state index contributed by atoms with van der Waals surface area (Å²) in [6, 6.07) is 4.45. The fourth-order valence-corrected chi connectivity index (χ4v) is 3.57. The lowest BCUT2D eigenvalue weighted by Gasteiger charge is -2.29. The van der Waals surface area contributed by atoms with Crippen LogP contribution in [0.4, 0.5) is 4.39 Å². The van der Waals surface area contributed by atoms with Crippen molar-refractivity contribution in [2.45, 2.75) is 45.8 Å². The first-order chi connectivity index (χ1) is 12.8. The van der Waals surface area contributed by atoms with E-state index in [0.29, 0.717) is 41.0 Å². The molecule has 142 valence electrons. The molecule has 3 rings (SSSR count). The van der Waals surface area contributed by atoms with Crippen molar-refractivity contribution in [1.82, 2.24) is 0 Å². The van der Waals surface area contributed by atoms with Crippen molar-refractivity contribution >= 4 is 17.6 Å². The van der Waals surface area contributed by atoms with Crippen molar-refractivity contribution in [2.24, 2.45) is 16.6 Å². The molecule has 0 spiro atoms. The van der Waals surface area contributed by atoms with E-state index in [9.17, 15) is 4.39 Å². The molecule has 2 unspecified atom stereocenters. The summed E-state index contributed by atoms with van der Waals surface area (Å²) in [5.74, 6) is -0.531. The van der Waals surface area contributed by atoms with Gasteiger partial charge in [0, 0.05) is 47.4 Å². The highest BCUT2D eigenvalue weighted by Crippen LogP contribution is 2.32. The molecule has 4 N–H and O–H groups in total. The average molecular weight is 368 g/mol. The molecule has 2 aliphatic rings. The van der Waals surface area contributed by atoms with Gasteiger partial charge in [0.15, 0.2) is 0 Å². The van der Waals surface area contributed by atoms with Crippen LogP contribution in [0.5, 0.6) is 0 Å². The number of benzene rings is 1. The minimum Gasteiger partial charge on any atom is -0.398 e. The van der Waals surface area contributed by atoms with Gasteiger partial charge >= 0.3 is 0 Å². The van der Waals surface area contributed by atoms with Crippen LogP contribution in [-0.2, 0) is 4.74 Å². The maximum Gasteiger partial charge on any atom is 0.123 e. The molecule has 0 amide bonds. The lowest BCUT2D eigenvalue weighted by molar-refractivity contribution is 0.0333. The Balaban J connectivity index is 2.15. The Hall–Kier alpha value is -2.60. The molecule has 0 saturated carbocycles. The quantitative estimate of drug-likeness (QED) is 0.645. The van der Waals surface area contributed by atoms with Crippen molar-refractivity contribution < 1.29 is 9.13 Å². The molecule has 6 heteroatoms. The number of ether oxygens (including phenoxy) is 1. The van der Waals surface area contributed by atoms with E-state index < -0.39 is 6.10 Å². The van der Waals surface area contributed by atoms with Gasteiger partial charge in [-0.15, -0.1) is 0 Å². The molecule has 2 heterocycles. The van der Waals surface area contributed by atoms with Gasteiger partial charge in [0.05, 0.1) is 6.10 Å². The first kappa shape index (κ1) is 19.2. The van der Waals surface area contributed by atoms with E-state index in [1.165, 1.54) is 18.3 Å². The van der Waals surface area contributed by atoms with Crippen LogP contribution in [0.1, 0.15) is 50.8 Å². The van der Waals surface area contributed by atoms with E-state index >= 15 is 0 Å². The number of nitrogens with zero attached hydrogens (tertiary/aromatic N) is 1. The number of halogens is 1. The summed E-state index contributed by atoms with van der Waals surface area (Å²) in [7, 11) is 0. The second-order valence-electron chi connectivity index (χ2n) is 7.23. The number of nitrogens with one attached hydrogen (secondary N) is 2. The van der Waals surface area contributed by atoms with Gasteiger partial charge in [-0.1, -0.05) is 6.92 Å². The van der Waals surface area contributed by atoms with Gasteiger partial charge in [-0.25, -0.2) is 4.39 Å². The Morgan fingerprint density at radius 2 is 2.04 bits per heavy atom. The molecule has 5 nitrogen and oxygen atoms in total. The second-order valence-corrected chi connectivity index (χ2v) is 7.23. The number of aliphatic imine (C=N–C) groups is 1. The number of rotatable bonds is 1. The zero-order valence-electron chi connectivity index (χ0n) is 15.8. The third-order valence-corrected chi connectivity index (χ3v) is 5.29. The van der Waals surface area contributed by atoms with Gasteiger partial charge in [-0.2, -0.15) is 0 Å². The summed E-state index contributed by atoms with van der Waals surface area (Å²) in [5.41, 5.74) is 10.9. The molecule has 27 heavy (non-hydrogen) atoms. The van der Waals surface area contributed by atoms with Crippen molar-refractivity contribution in [3.63, 3.8) is 0 Å². The van der Waals surface area contributed by atoms with Crippen LogP contribution in [0.3, 0.4) is 0 Å². The summed E-state index contributed by atoms with van der Waals surface area (Å²) in [4.78, 5) is 4.43. The monoisotopic (exact) mass is 368 g/mol. The second kappa shape index (κ2) is 7.56. The Labute approximate surface area is 158 Å². The molecule has 0 saturated heterocycles. The van der Waals surface area contributed by atoms with Gasteiger partial charge in [0.2, 0.25) is 0 Å². The lowest BCUT2D eigenvalue weighted by Crippen LogP contribution is -2.29. The fraction of sp³-hybridized carbons (Fsp3) is 0.381. The predicted molar refractivity (Wildman–Crippen MR) is 106 cm³/mol. The Morgan fingerprint density at radius 3 is 2.74 bits per heavy atom. The van der Waals surface area contributed by atoms with Crippen molar-refractivity contribution in [3.05, 3.63) is 58.2 Å². The molecule has 0 aromatic heterocycles. The van der Waals surface area contributed by atoms with Crippen LogP contribution in [-0.4, -0.2) is 23.7 Å². The standard InChI is InChI=1S/C21H25FN4O/c1-11-6-14(9-23)21(25)15-7-19(12(2)26-10-15)27-13(3)18-8-16(22)4-5-17(18)20(11)24/h4-5,8-11,13,19,23-24H,6-7,25H2,1-3H3/t11?,13-,19?/m1/s1. The topological polar surface area (TPSA) is 95.3 Å². The smallest absolute Gasteiger partial charge is 0.123 e. The summed E-state index contributed by atoms with van der Waals surface area (Å²) in [5, 5.41) is 16.4. The molecule has 0 radical (unpaired) electrons. The van der Waals surface area contributed by atoms with Gasteiger partial charge < -0.3 is 21.3 Å². The third kappa shape index (κ3) is 3.76. The minimum absolute atomic E-state index is 0.179. The molecule has 1 aromatic rings. The van der Waals surface area contributed by atoms with Crippen LogP contribution in [0, 0.1) is 22.6 Å². The van der Waals surface area contributed by atoms with E-state index in [4.69, 9.17) is 21.3 Å². The maximum absolute atomic E-state index is 13.9. The molecular formula is C21H25FN4O. The van der Waals surface area contributed by atoms with Gasteiger partial charge in [-0.05, 0) is 55.2 Å². The van der Waals surface area contributed by atoms with Gasteiger partial charge in [0.25, 0.3) is 0 Å². The van der Waals surface area contributed by atoms with E-state index in [-0.39, 0.29) is 17.8 Å². The fourth-order valence-electron chi connectivity index (χ4n) is 3.57. The highest BCUT2D eigenvalue weighted by Gasteiger charge is 2.27. The highest BCUT2D eigenvalue weighted by atomic mass is 19.1. The van der Waals surface area contributed by atoms with Gasteiger partial charge in [0.1, 0.15) is 11.9 Å². The predicted octanol–water partition coefficient (Wildman–Crippen LogP) is 4.29. The van der Waals surface area contributed by atoms with Crippen LogP contribution in [0.25, 0.3) is 0 Å². The number of nitrogens with two attached hydrogens (primary N) is 1. The zero-order chi connectivity index (χ0) is 19.7. The molecule has 2 bridgehead atoms. The van der Waals surface area contributed by atoms with Crippen LogP contribution in [0.15, 0.2) is 46.2 Å². The van der Waals surface area contributed by atoms with Crippen molar-refractivity contribution in [1.29, 1.82) is 10.8 Å². The van der Waals surface area contributed by atoms with Crippen LogP contribution >= 0.6 is 0 Å².